The summed E-state index contributed by atoms with van der Waals surface area (Å²) in [6.45, 7) is 2.13. The number of carbonyl (C=O) groups is 11. The molecule has 3 aromatic carbocycles. The number of H-pyrrole nitrogens is 1. The fourth-order valence-electron chi connectivity index (χ4n) is 7.98. The first-order chi connectivity index (χ1) is 37.1. The zero-order chi connectivity index (χ0) is 57.5. The van der Waals surface area contributed by atoms with E-state index in [2.05, 4.69) is 47.5 Å². The first-order valence-electron chi connectivity index (χ1n) is 24.7. The summed E-state index contributed by atoms with van der Waals surface area (Å²) >= 11 is 1.32. The third-order valence-corrected chi connectivity index (χ3v) is 12.5. The molecule has 420 valence electrons. The van der Waals surface area contributed by atoms with Crippen LogP contribution in [-0.4, -0.2) is 158 Å². The van der Waals surface area contributed by atoms with Crippen LogP contribution >= 0.6 is 11.8 Å². The lowest BCUT2D eigenvalue weighted by Gasteiger charge is -2.27. The zero-order valence-electron chi connectivity index (χ0n) is 43.0. The largest absolute Gasteiger partial charge is 0.508 e. The number of hydrogen-bond donors (Lipinski definition) is 14. The van der Waals surface area contributed by atoms with E-state index in [4.69, 9.17) is 5.73 Å². The summed E-state index contributed by atoms with van der Waals surface area (Å²) in [6.07, 6.45) is 0.925. The number of phenols is 1. The molecule has 7 unspecified atom stereocenters. The minimum atomic E-state index is -1.79. The van der Waals surface area contributed by atoms with E-state index in [0.717, 1.165) is 0 Å². The molecule has 4 rings (SSSR count). The molecule has 0 spiro atoms. The summed E-state index contributed by atoms with van der Waals surface area (Å²) in [5.41, 5.74) is 7.60. The molecule has 25 nitrogen and oxygen atoms in total. The molecule has 0 bridgehead atoms. The van der Waals surface area contributed by atoms with Crippen LogP contribution in [0.4, 0.5) is 0 Å². The van der Waals surface area contributed by atoms with Crippen LogP contribution in [-0.2, 0) is 72.0 Å². The van der Waals surface area contributed by atoms with E-state index >= 15 is 0 Å². The van der Waals surface area contributed by atoms with Gasteiger partial charge < -0.3 is 73.7 Å². The van der Waals surface area contributed by atoms with Gasteiger partial charge in [0.2, 0.25) is 47.3 Å². The van der Waals surface area contributed by atoms with Crippen molar-refractivity contribution in [2.75, 3.05) is 25.1 Å². The van der Waals surface area contributed by atoms with Crippen LogP contribution in [0.1, 0.15) is 56.2 Å². The normalized spacial score (nSPS) is 13.7. The van der Waals surface area contributed by atoms with Crippen LogP contribution in [0.15, 0.2) is 85.1 Å². The molecule has 1 heterocycles. The summed E-state index contributed by atoms with van der Waals surface area (Å²) in [7, 11) is 0. The monoisotopic (exact) mass is 1100 g/mol. The number of carboxylic acids is 3. The predicted molar refractivity (Wildman–Crippen MR) is 284 cm³/mol. The summed E-state index contributed by atoms with van der Waals surface area (Å²) in [5.74, 6) is -12.0. The van der Waals surface area contributed by atoms with Crippen LogP contribution in [0.5, 0.6) is 5.75 Å². The van der Waals surface area contributed by atoms with Crippen LogP contribution in [0.2, 0.25) is 0 Å². The second-order valence-electron chi connectivity index (χ2n) is 18.5. The highest BCUT2D eigenvalue weighted by Gasteiger charge is 2.35. The van der Waals surface area contributed by atoms with Crippen molar-refractivity contribution < 1.29 is 73.2 Å². The van der Waals surface area contributed by atoms with Gasteiger partial charge in [-0.05, 0) is 65.7 Å². The first kappa shape index (κ1) is 62.0. The maximum Gasteiger partial charge on any atom is 0.326 e. The van der Waals surface area contributed by atoms with Crippen LogP contribution in [0, 0.1) is 5.92 Å². The fourth-order valence-corrected chi connectivity index (χ4v) is 8.45. The second-order valence-corrected chi connectivity index (χ2v) is 19.5. The molecule has 0 radical (unpaired) electrons. The molecular formula is C52H66N10O15S. The van der Waals surface area contributed by atoms with Crippen molar-refractivity contribution in [1.82, 2.24) is 47.5 Å². The summed E-state index contributed by atoms with van der Waals surface area (Å²) in [4.78, 5) is 148. The van der Waals surface area contributed by atoms with Crippen molar-refractivity contribution in [3.05, 3.63) is 102 Å². The molecular weight excluding hydrogens is 1040 g/mol. The number of thioether (sulfide) groups is 1. The number of carbonyl (C=O) groups excluding carboxylic acids is 8. The number of rotatable bonds is 32. The van der Waals surface area contributed by atoms with Gasteiger partial charge in [-0.2, -0.15) is 11.8 Å². The van der Waals surface area contributed by atoms with Crippen molar-refractivity contribution >= 4 is 87.8 Å². The zero-order valence-corrected chi connectivity index (χ0v) is 43.9. The minimum absolute atomic E-state index is 0.00212. The molecule has 0 saturated heterocycles. The Balaban J connectivity index is 1.55. The van der Waals surface area contributed by atoms with Crippen molar-refractivity contribution in [3.63, 3.8) is 0 Å². The number of benzene rings is 3. The van der Waals surface area contributed by atoms with Gasteiger partial charge in [-0.3, -0.25) is 47.9 Å². The van der Waals surface area contributed by atoms with E-state index in [9.17, 15) is 73.2 Å². The van der Waals surface area contributed by atoms with Gasteiger partial charge in [-0.15, -0.1) is 0 Å². The Morgan fingerprint density at radius 1 is 0.551 bits per heavy atom. The number of aromatic amines is 1. The smallest absolute Gasteiger partial charge is 0.326 e. The predicted octanol–water partition coefficient (Wildman–Crippen LogP) is -0.797. The molecule has 1 aromatic heterocycles. The molecule has 0 saturated carbocycles. The number of aromatic nitrogens is 1. The Morgan fingerprint density at radius 3 is 1.63 bits per heavy atom. The Labute approximate surface area is 452 Å². The van der Waals surface area contributed by atoms with Gasteiger partial charge in [-0.25, -0.2) is 4.79 Å². The highest BCUT2D eigenvalue weighted by Crippen LogP contribution is 2.20. The van der Waals surface area contributed by atoms with Gasteiger partial charge in [0.05, 0.1) is 25.9 Å². The Morgan fingerprint density at radius 2 is 1.04 bits per heavy atom. The molecule has 26 heteroatoms. The van der Waals surface area contributed by atoms with Crippen LogP contribution in [0.3, 0.4) is 0 Å². The first-order valence-corrected chi connectivity index (χ1v) is 26.1. The number of phenolic OH excluding ortho intramolecular Hbond substituents is 1. The molecule has 15 N–H and O–H groups in total. The summed E-state index contributed by atoms with van der Waals surface area (Å²) < 4.78 is 0. The number of amides is 8. The molecule has 0 aliphatic heterocycles. The highest BCUT2D eigenvalue weighted by atomic mass is 32.2. The fraction of sp³-hybridized carbons (Fsp3) is 0.404. The molecule has 0 aliphatic rings. The molecule has 0 aliphatic carbocycles. The average molecular weight is 1100 g/mol. The van der Waals surface area contributed by atoms with Crippen molar-refractivity contribution in [3.8, 4) is 5.75 Å². The van der Waals surface area contributed by atoms with E-state index in [1.54, 1.807) is 80.9 Å². The van der Waals surface area contributed by atoms with Gasteiger partial charge in [0.1, 0.15) is 48.0 Å². The van der Waals surface area contributed by atoms with Gasteiger partial charge in [0, 0.05) is 36.4 Å². The SMILES string of the molecule is CSCCC(NC(=O)C(Cc1ccc(O)cc1)NC(=O)C(CC(=O)O)NC(=O)CN)C(=O)NCC(=O)NC(Cc1c[nH]c2ccccc12)C(=O)NC(CC(C)C)C(=O)NC(CC(=O)O)C(=O)NC(Cc1ccccc1)C(=O)O. The maximum absolute atomic E-state index is 14.4. The number of hydrogen-bond acceptors (Lipinski definition) is 14. The number of aromatic hydroxyl groups is 1. The van der Waals surface area contributed by atoms with Gasteiger partial charge >= 0.3 is 17.9 Å². The number of carboxylic acid groups (broad SMARTS) is 3. The van der Waals surface area contributed by atoms with Gasteiger partial charge in [-0.1, -0.05) is 74.5 Å². The third-order valence-electron chi connectivity index (χ3n) is 11.9. The van der Waals surface area contributed by atoms with E-state index in [1.807, 2.05) is 0 Å². The Hall–Kier alpha value is -8.52. The summed E-state index contributed by atoms with van der Waals surface area (Å²) in [5, 5.41) is 59.1. The quantitative estimate of drug-likeness (QED) is 0.0285. The van der Waals surface area contributed by atoms with E-state index < -0.39 is 133 Å². The van der Waals surface area contributed by atoms with Crippen molar-refractivity contribution in [2.45, 2.75) is 101 Å². The average Bonchev–Trinajstić information content (AvgIpc) is 3.82. The number of para-hydroxylation sites is 1. The van der Waals surface area contributed by atoms with Gasteiger partial charge in [0.15, 0.2) is 0 Å². The molecule has 78 heavy (non-hydrogen) atoms. The molecule has 8 amide bonds. The maximum atomic E-state index is 14.4. The standard InChI is InChI=1S/C52H66N10O15S/c1-28(2)19-36(47(71)61-40(24-45(68)69)51(75)62-41(52(76)77)21-29-9-5-4-6-10-29)59-49(73)38(22-31-26-54-34-12-8-7-11-33(31)34)57-43(65)27-55-46(70)35(17-18-78-3)58-48(72)37(20-30-13-15-32(63)16-14-30)60-50(74)39(23-44(66)67)56-42(64)25-53/h4-16,26,28,35-41,54,63H,17-25,27,53H2,1-3H3,(H,55,70)(H,56,64)(H,57,65)(H,58,72)(H,59,73)(H,60,74)(H,61,71)(H,62,75)(H,66,67)(H,68,69)(H,76,77). The van der Waals surface area contributed by atoms with Crippen molar-refractivity contribution in [1.29, 1.82) is 0 Å². The lowest BCUT2D eigenvalue weighted by Crippen LogP contribution is -2.59. The minimum Gasteiger partial charge on any atom is -0.508 e. The molecule has 0 fully saturated rings. The number of aliphatic carboxylic acids is 3. The number of nitrogens with two attached hydrogens (primary N) is 1. The van der Waals surface area contributed by atoms with E-state index in [1.165, 1.54) is 36.0 Å². The van der Waals surface area contributed by atoms with Crippen molar-refractivity contribution in [2.24, 2.45) is 11.7 Å². The third kappa shape index (κ3) is 20.5. The molecule has 7 atom stereocenters. The second kappa shape index (κ2) is 30.9. The number of nitrogens with one attached hydrogen (secondary N) is 9. The lowest BCUT2D eigenvalue weighted by molar-refractivity contribution is -0.144. The summed E-state index contributed by atoms with van der Waals surface area (Å²) in [6, 6.07) is 10.3. The number of fused-ring (bicyclic) bond motifs is 1. The van der Waals surface area contributed by atoms with Crippen LogP contribution < -0.4 is 48.3 Å². The van der Waals surface area contributed by atoms with E-state index in [-0.39, 0.29) is 43.8 Å². The van der Waals surface area contributed by atoms with Crippen LogP contribution in [0.25, 0.3) is 10.9 Å². The Kier molecular flexibility index (Phi) is 24.6. The van der Waals surface area contributed by atoms with Gasteiger partial charge in [0.25, 0.3) is 0 Å². The molecule has 4 aromatic rings. The Bertz CT molecular complexity index is 2760. The van der Waals surface area contributed by atoms with E-state index in [0.29, 0.717) is 33.3 Å². The lowest BCUT2D eigenvalue weighted by atomic mass is 10.00. The highest BCUT2D eigenvalue weighted by molar-refractivity contribution is 7.98. The topological polar surface area (TPSA) is 407 Å².